The van der Waals surface area contributed by atoms with Crippen LogP contribution in [0.1, 0.15) is 15.2 Å². The number of aromatic nitrogens is 1. The van der Waals surface area contributed by atoms with Crippen molar-refractivity contribution in [2.45, 2.75) is 6.61 Å². The summed E-state index contributed by atoms with van der Waals surface area (Å²) in [5.41, 5.74) is 0.478. The summed E-state index contributed by atoms with van der Waals surface area (Å²) >= 11 is 0.892. The van der Waals surface area contributed by atoms with Gasteiger partial charge in [-0.3, -0.25) is 0 Å². The molecule has 17 heavy (non-hydrogen) atoms. The monoisotopic (exact) mass is 253 g/mol. The number of hydrogen-bond acceptors (Lipinski definition) is 4. The summed E-state index contributed by atoms with van der Waals surface area (Å²) in [7, 11) is 0. The van der Waals surface area contributed by atoms with Crippen LogP contribution < -0.4 is 4.74 Å². The standard InChI is InChI=1S/C11H8FNO3S/c12-8-2-1-3-9(4-8)16-6-7-5-13-17-10(7)11(14)15/h1-5H,6H2,(H,14,15). The lowest BCUT2D eigenvalue weighted by Gasteiger charge is -2.04. The molecular formula is C11H8FNO3S. The molecule has 0 saturated heterocycles. The van der Waals surface area contributed by atoms with E-state index in [-0.39, 0.29) is 11.5 Å². The van der Waals surface area contributed by atoms with Gasteiger partial charge in [-0.2, -0.15) is 4.37 Å². The Morgan fingerprint density at radius 1 is 1.53 bits per heavy atom. The first-order valence-corrected chi connectivity index (χ1v) is 5.49. The molecule has 0 fully saturated rings. The molecule has 4 nitrogen and oxygen atoms in total. The Hall–Kier alpha value is -1.95. The lowest BCUT2D eigenvalue weighted by atomic mass is 10.3. The fraction of sp³-hybridized carbons (Fsp3) is 0.0909. The van der Waals surface area contributed by atoms with Crippen LogP contribution >= 0.6 is 11.5 Å². The Morgan fingerprint density at radius 3 is 3.06 bits per heavy atom. The quantitative estimate of drug-likeness (QED) is 0.909. The van der Waals surface area contributed by atoms with E-state index in [0.717, 1.165) is 11.5 Å². The van der Waals surface area contributed by atoms with Gasteiger partial charge in [-0.25, -0.2) is 9.18 Å². The van der Waals surface area contributed by atoms with Gasteiger partial charge in [0.1, 0.15) is 23.1 Å². The van der Waals surface area contributed by atoms with Crippen LogP contribution in [-0.2, 0) is 6.61 Å². The second kappa shape index (κ2) is 4.92. The number of ether oxygens (including phenoxy) is 1. The predicted octanol–water partition coefficient (Wildman–Crippen LogP) is 2.56. The van der Waals surface area contributed by atoms with Crippen LogP contribution in [0, 0.1) is 5.82 Å². The molecule has 0 saturated carbocycles. The summed E-state index contributed by atoms with van der Waals surface area (Å²) in [6.07, 6.45) is 1.44. The van der Waals surface area contributed by atoms with Crippen molar-refractivity contribution in [2.75, 3.05) is 0 Å². The van der Waals surface area contributed by atoms with Gasteiger partial charge in [0.2, 0.25) is 0 Å². The summed E-state index contributed by atoms with van der Waals surface area (Å²) in [6, 6.07) is 5.67. The average molecular weight is 253 g/mol. The van der Waals surface area contributed by atoms with Gasteiger partial charge in [-0.1, -0.05) is 6.07 Å². The van der Waals surface area contributed by atoms with Crippen molar-refractivity contribution in [3.05, 3.63) is 46.7 Å². The number of aromatic carboxylic acids is 1. The molecule has 0 bridgehead atoms. The van der Waals surface area contributed by atoms with E-state index in [9.17, 15) is 9.18 Å². The van der Waals surface area contributed by atoms with Gasteiger partial charge in [-0.05, 0) is 23.7 Å². The van der Waals surface area contributed by atoms with E-state index in [1.54, 1.807) is 6.07 Å². The highest BCUT2D eigenvalue weighted by atomic mass is 32.1. The summed E-state index contributed by atoms with van der Waals surface area (Å²) in [5.74, 6) is -1.08. The second-order valence-corrected chi connectivity index (χ2v) is 4.03. The lowest BCUT2D eigenvalue weighted by molar-refractivity contribution is 0.0699. The normalized spacial score (nSPS) is 10.2. The van der Waals surface area contributed by atoms with Crippen molar-refractivity contribution in [1.82, 2.24) is 4.37 Å². The van der Waals surface area contributed by atoms with Gasteiger partial charge in [0.15, 0.2) is 0 Å². The number of carboxylic acids is 1. The molecule has 6 heteroatoms. The van der Waals surface area contributed by atoms with Crippen LogP contribution in [0.2, 0.25) is 0 Å². The number of carbonyl (C=O) groups is 1. The van der Waals surface area contributed by atoms with Gasteiger partial charge in [0.25, 0.3) is 0 Å². The Bertz CT molecular complexity index is 541. The molecule has 0 aliphatic carbocycles. The van der Waals surface area contributed by atoms with Crippen molar-refractivity contribution < 1.29 is 19.0 Å². The van der Waals surface area contributed by atoms with Gasteiger partial charge in [0.05, 0.1) is 0 Å². The Morgan fingerprint density at radius 2 is 2.35 bits per heavy atom. The highest BCUT2D eigenvalue weighted by Gasteiger charge is 2.13. The van der Waals surface area contributed by atoms with Crippen LogP contribution in [0.3, 0.4) is 0 Å². The smallest absolute Gasteiger partial charge is 0.347 e. The molecule has 0 unspecified atom stereocenters. The first kappa shape index (κ1) is 11.5. The van der Waals surface area contributed by atoms with E-state index in [1.165, 1.54) is 24.4 Å². The number of halogens is 1. The molecule has 0 radical (unpaired) electrons. The zero-order valence-electron chi connectivity index (χ0n) is 8.59. The number of benzene rings is 1. The highest BCUT2D eigenvalue weighted by Crippen LogP contribution is 2.18. The minimum atomic E-state index is -1.04. The molecule has 2 aromatic rings. The molecule has 2 rings (SSSR count). The largest absolute Gasteiger partial charge is 0.489 e. The van der Waals surface area contributed by atoms with Crippen molar-refractivity contribution in [2.24, 2.45) is 0 Å². The second-order valence-electron chi connectivity index (χ2n) is 3.23. The Labute approximate surface area is 100 Å². The van der Waals surface area contributed by atoms with Gasteiger partial charge < -0.3 is 9.84 Å². The topological polar surface area (TPSA) is 59.4 Å². The van der Waals surface area contributed by atoms with E-state index in [2.05, 4.69) is 4.37 Å². The highest BCUT2D eigenvalue weighted by molar-refractivity contribution is 7.08. The molecule has 1 aromatic heterocycles. The fourth-order valence-corrected chi connectivity index (χ4v) is 1.85. The number of hydrogen-bond donors (Lipinski definition) is 1. The summed E-state index contributed by atoms with van der Waals surface area (Å²) in [4.78, 5) is 10.9. The molecule has 0 aliphatic heterocycles. The molecule has 0 spiro atoms. The van der Waals surface area contributed by atoms with E-state index in [1.807, 2.05) is 0 Å². The number of rotatable bonds is 4. The van der Waals surface area contributed by atoms with E-state index in [4.69, 9.17) is 9.84 Å². The van der Waals surface area contributed by atoms with Crippen molar-refractivity contribution in [1.29, 1.82) is 0 Å². The first-order chi connectivity index (χ1) is 8.16. The Kier molecular flexibility index (Phi) is 3.34. The molecule has 0 atom stereocenters. The number of carboxylic acid groups (broad SMARTS) is 1. The van der Waals surface area contributed by atoms with Crippen LogP contribution in [0.4, 0.5) is 4.39 Å². The number of nitrogens with zero attached hydrogens (tertiary/aromatic N) is 1. The van der Waals surface area contributed by atoms with Crippen molar-refractivity contribution in [3.8, 4) is 5.75 Å². The maximum Gasteiger partial charge on any atom is 0.347 e. The fourth-order valence-electron chi connectivity index (χ4n) is 1.26. The maximum absolute atomic E-state index is 12.9. The zero-order valence-corrected chi connectivity index (χ0v) is 9.41. The Balaban J connectivity index is 2.07. The van der Waals surface area contributed by atoms with Crippen molar-refractivity contribution in [3.63, 3.8) is 0 Å². The van der Waals surface area contributed by atoms with Crippen LogP contribution in [0.25, 0.3) is 0 Å². The maximum atomic E-state index is 12.9. The molecule has 0 aliphatic rings. The minimum Gasteiger partial charge on any atom is -0.489 e. The van der Waals surface area contributed by atoms with Crippen molar-refractivity contribution >= 4 is 17.5 Å². The lowest BCUT2D eigenvalue weighted by Crippen LogP contribution is -2.01. The molecule has 88 valence electrons. The average Bonchev–Trinajstić information content (AvgIpc) is 2.74. The van der Waals surface area contributed by atoms with Gasteiger partial charge in [-0.15, -0.1) is 0 Å². The SMILES string of the molecule is O=C(O)c1sncc1COc1cccc(F)c1. The first-order valence-electron chi connectivity index (χ1n) is 4.72. The van der Waals surface area contributed by atoms with E-state index in [0.29, 0.717) is 11.3 Å². The summed E-state index contributed by atoms with van der Waals surface area (Å²) in [5, 5.41) is 8.85. The molecular weight excluding hydrogens is 245 g/mol. The third-order valence-electron chi connectivity index (χ3n) is 2.03. The van der Waals surface area contributed by atoms with Crippen LogP contribution in [-0.4, -0.2) is 15.4 Å². The van der Waals surface area contributed by atoms with Gasteiger partial charge >= 0.3 is 5.97 Å². The predicted molar refractivity (Wildman–Crippen MR) is 59.8 cm³/mol. The van der Waals surface area contributed by atoms with E-state index >= 15 is 0 Å². The summed E-state index contributed by atoms with van der Waals surface area (Å²) in [6.45, 7) is 0.0571. The minimum absolute atomic E-state index is 0.0571. The summed E-state index contributed by atoms with van der Waals surface area (Å²) < 4.78 is 21.9. The van der Waals surface area contributed by atoms with Gasteiger partial charge in [0, 0.05) is 17.8 Å². The molecule has 1 aromatic carbocycles. The van der Waals surface area contributed by atoms with Crippen LogP contribution in [0.5, 0.6) is 5.75 Å². The third-order valence-corrected chi connectivity index (χ3v) is 2.86. The van der Waals surface area contributed by atoms with Crippen LogP contribution in [0.15, 0.2) is 30.5 Å². The molecule has 0 amide bonds. The van der Waals surface area contributed by atoms with E-state index < -0.39 is 11.8 Å². The molecule has 1 heterocycles. The zero-order chi connectivity index (χ0) is 12.3. The third kappa shape index (κ3) is 2.79. The molecule has 1 N–H and O–H groups in total.